The minimum atomic E-state index is -0.538. The van der Waals surface area contributed by atoms with E-state index in [1.165, 1.54) is 35.6 Å². The first-order valence-electron chi connectivity index (χ1n) is 8.87. The highest BCUT2D eigenvalue weighted by molar-refractivity contribution is 7.22. The van der Waals surface area contributed by atoms with E-state index in [-0.39, 0.29) is 11.0 Å². The molecule has 0 atom stereocenters. The van der Waals surface area contributed by atoms with Gasteiger partial charge in [0.2, 0.25) is 0 Å². The summed E-state index contributed by atoms with van der Waals surface area (Å²) < 4.78 is 13.9. The molecule has 152 valence electrons. The molecule has 0 saturated carbocycles. The minimum Gasteiger partial charge on any atom is -0.308 e. The van der Waals surface area contributed by atoms with Gasteiger partial charge in [-0.05, 0) is 55.8 Å². The predicted octanol–water partition coefficient (Wildman–Crippen LogP) is 5.41. The van der Waals surface area contributed by atoms with Crippen molar-refractivity contribution in [2.45, 2.75) is 13.8 Å². The van der Waals surface area contributed by atoms with Gasteiger partial charge in [-0.2, -0.15) is 0 Å². The fourth-order valence-electron chi connectivity index (χ4n) is 2.69. The molecule has 2 aromatic heterocycles. The molecule has 0 aliphatic carbocycles. The summed E-state index contributed by atoms with van der Waals surface area (Å²) in [6, 6.07) is 10.7. The van der Waals surface area contributed by atoms with E-state index in [1.54, 1.807) is 6.92 Å². The number of rotatable bonds is 4. The summed E-state index contributed by atoms with van der Waals surface area (Å²) in [5.74, 6) is -0.733. The van der Waals surface area contributed by atoms with Crippen LogP contribution in [-0.4, -0.2) is 21.9 Å². The first-order valence-corrected chi connectivity index (χ1v) is 10.5. The third-order valence-electron chi connectivity index (χ3n) is 4.09. The fraction of sp³-hybridized carbons (Fsp3) is 0.100. The molecule has 2 heterocycles. The van der Waals surface area contributed by atoms with E-state index in [2.05, 4.69) is 25.9 Å². The molecule has 0 aliphatic rings. The highest BCUT2D eigenvalue weighted by Gasteiger charge is 2.18. The van der Waals surface area contributed by atoms with Gasteiger partial charge in [-0.1, -0.05) is 28.7 Å². The maximum Gasteiger partial charge on any atom is 0.325 e. The number of carbonyl (C=O) groups is 2. The van der Waals surface area contributed by atoms with Crippen LogP contribution in [0.4, 0.5) is 25.1 Å². The van der Waals surface area contributed by atoms with Gasteiger partial charge < -0.3 is 5.32 Å². The van der Waals surface area contributed by atoms with Crippen molar-refractivity contribution >= 4 is 60.8 Å². The average Bonchev–Trinajstić information content (AvgIpc) is 3.25. The lowest BCUT2D eigenvalue weighted by atomic mass is 10.2. The van der Waals surface area contributed by atoms with Crippen LogP contribution in [0.5, 0.6) is 0 Å². The second-order valence-corrected chi connectivity index (χ2v) is 8.49. The topological polar surface area (TPSA) is 96.0 Å². The zero-order chi connectivity index (χ0) is 21.3. The third-order valence-corrected chi connectivity index (χ3v) is 6.10. The van der Waals surface area contributed by atoms with Crippen LogP contribution < -0.4 is 16.0 Å². The number of amides is 3. The van der Waals surface area contributed by atoms with E-state index >= 15 is 0 Å². The molecule has 4 rings (SSSR count). The summed E-state index contributed by atoms with van der Waals surface area (Å²) in [5.41, 5.74) is 2.87. The van der Waals surface area contributed by atoms with Crippen LogP contribution in [0.25, 0.3) is 10.2 Å². The Morgan fingerprint density at radius 2 is 1.63 bits per heavy atom. The molecule has 0 bridgehead atoms. The van der Waals surface area contributed by atoms with Gasteiger partial charge in [0.05, 0.1) is 15.9 Å². The molecule has 0 radical (unpaired) electrons. The number of halogens is 1. The van der Waals surface area contributed by atoms with Crippen molar-refractivity contribution in [1.82, 2.24) is 9.97 Å². The first-order chi connectivity index (χ1) is 14.4. The molecule has 3 N–H and O–H groups in total. The van der Waals surface area contributed by atoms with Crippen LogP contribution in [0, 0.1) is 19.7 Å². The largest absolute Gasteiger partial charge is 0.325 e. The number of fused-ring (bicyclic) bond motifs is 1. The minimum absolute atomic E-state index is 0.275. The van der Waals surface area contributed by atoms with Crippen LogP contribution in [0.1, 0.15) is 20.9 Å². The fourth-order valence-corrected chi connectivity index (χ4v) is 4.51. The SMILES string of the molecule is Cc1ccc2nc(NC(=O)c3sc(NC(=O)Nc4ccc(F)cc4)nc3C)sc2c1. The maximum atomic E-state index is 12.9. The zero-order valence-corrected chi connectivity index (χ0v) is 17.6. The van der Waals surface area contributed by atoms with Crippen LogP contribution >= 0.6 is 22.7 Å². The Balaban J connectivity index is 1.43. The summed E-state index contributed by atoms with van der Waals surface area (Å²) in [5, 5.41) is 8.73. The second-order valence-electron chi connectivity index (χ2n) is 6.46. The number of hydrogen-bond acceptors (Lipinski definition) is 6. The summed E-state index contributed by atoms with van der Waals surface area (Å²) in [6.45, 7) is 3.69. The lowest BCUT2D eigenvalue weighted by Gasteiger charge is -2.04. The van der Waals surface area contributed by atoms with E-state index in [4.69, 9.17) is 0 Å². The normalized spacial score (nSPS) is 10.8. The third kappa shape index (κ3) is 4.44. The Bertz CT molecular complexity index is 1250. The van der Waals surface area contributed by atoms with E-state index in [1.807, 2.05) is 25.1 Å². The van der Waals surface area contributed by atoms with Crippen LogP contribution in [0.2, 0.25) is 0 Å². The number of nitrogens with zero attached hydrogens (tertiary/aromatic N) is 2. The Hall–Kier alpha value is -3.37. The first kappa shape index (κ1) is 19.9. The van der Waals surface area contributed by atoms with Gasteiger partial charge in [-0.3, -0.25) is 15.4 Å². The molecule has 2 aromatic carbocycles. The van der Waals surface area contributed by atoms with Crippen molar-refractivity contribution in [2.24, 2.45) is 0 Å². The molecule has 7 nitrogen and oxygen atoms in total. The van der Waals surface area contributed by atoms with Crippen molar-refractivity contribution in [3.05, 3.63) is 64.4 Å². The van der Waals surface area contributed by atoms with Crippen molar-refractivity contribution in [1.29, 1.82) is 0 Å². The Kier molecular flexibility index (Phi) is 5.42. The number of aromatic nitrogens is 2. The Morgan fingerprint density at radius 3 is 2.40 bits per heavy atom. The molecule has 10 heteroatoms. The van der Waals surface area contributed by atoms with Crippen molar-refractivity contribution in [2.75, 3.05) is 16.0 Å². The molecular weight excluding hydrogens is 425 g/mol. The Labute approximate surface area is 179 Å². The van der Waals surface area contributed by atoms with E-state index < -0.39 is 11.8 Å². The number of urea groups is 1. The molecule has 4 aromatic rings. The number of anilines is 3. The zero-order valence-electron chi connectivity index (χ0n) is 15.9. The van der Waals surface area contributed by atoms with E-state index in [0.29, 0.717) is 21.4 Å². The smallest absolute Gasteiger partial charge is 0.308 e. The van der Waals surface area contributed by atoms with E-state index in [9.17, 15) is 14.0 Å². The van der Waals surface area contributed by atoms with Gasteiger partial charge in [-0.15, -0.1) is 0 Å². The van der Waals surface area contributed by atoms with Crippen LogP contribution in [-0.2, 0) is 0 Å². The molecule has 0 unspecified atom stereocenters. The molecule has 0 spiro atoms. The average molecular weight is 442 g/mol. The number of aryl methyl sites for hydroxylation is 2. The number of benzene rings is 2. The molecule has 0 aliphatic heterocycles. The summed E-state index contributed by atoms with van der Waals surface area (Å²) in [6.07, 6.45) is 0. The molecule has 3 amide bonds. The lowest BCUT2D eigenvalue weighted by Crippen LogP contribution is -2.19. The molecule has 0 fully saturated rings. The van der Waals surface area contributed by atoms with Crippen molar-refractivity contribution < 1.29 is 14.0 Å². The predicted molar refractivity (Wildman–Crippen MR) is 118 cm³/mol. The van der Waals surface area contributed by atoms with Gasteiger partial charge in [0, 0.05) is 5.69 Å². The monoisotopic (exact) mass is 441 g/mol. The molecule has 30 heavy (non-hydrogen) atoms. The molecular formula is C20H16FN5O2S2. The summed E-state index contributed by atoms with van der Waals surface area (Å²) >= 11 is 2.45. The van der Waals surface area contributed by atoms with Gasteiger partial charge >= 0.3 is 6.03 Å². The summed E-state index contributed by atoms with van der Waals surface area (Å²) in [7, 11) is 0. The molecule has 0 saturated heterocycles. The lowest BCUT2D eigenvalue weighted by molar-refractivity contribution is 0.103. The number of thiazole rings is 2. The van der Waals surface area contributed by atoms with Gasteiger partial charge in [0.25, 0.3) is 5.91 Å². The van der Waals surface area contributed by atoms with Gasteiger partial charge in [0.1, 0.15) is 10.7 Å². The standard InChI is InChI=1S/C20H16FN5O2S2/c1-10-3-8-14-15(9-10)29-20(24-14)25-17(27)16-11(2)22-19(30-16)26-18(28)23-13-6-4-12(21)5-7-13/h3-9H,1-2H3,(H,24,25,27)(H2,22,23,26,28). The number of nitrogens with one attached hydrogen (secondary N) is 3. The van der Waals surface area contributed by atoms with E-state index in [0.717, 1.165) is 27.1 Å². The van der Waals surface area contributed by atoms with Gasteiger partial charge in [-0.25, -0.2) is 19.2 Å². The maximum absolute atomic E-state index is 12.9. The van der Waals surface area contributed by atoms with Crippen LogP contribution in [0.3, 0.4) is 0 Å². The summed E-state index contributed by atoms with van der Waals surface area (Å²) in [4.78, 5) is 33.8. The van der Waals surface area contributed by atoms with Crippen molar-refractivity contribution in [3.8, 4) is 0 Å². The van der Waals surface area contributed by atoms with Crippen molar-refractivity contribution in [3.63, 3.8) is 0 Å². The quantitative estimate of drug-likeness (QED) is 0.395. The number of carbonyl (C=O) groups excluding carboxylic acids is 2. The second kappa shape index (κ2) is 8.17. The number of hydrogen-bond donors (Lipinski definition) is 3. The highest BCUT2D eigenvalue weighted by Crippen LogP contribution is 2.29. The highest BCUT2D eigenvalue weighted by atomic mass is 32.1. The Morgan fingerprint density at radius 1 is 0.900 bits per heavy atom. The van der Waals surface area contributed by atoms with Gasteiger partial charge in [0.15, 0.2) is 10.3 Å². The van der Waals surface area contributed by atoms with Crippen LogP contribution in [0.15, 0.2) is 42.5 Å².